The molecule has 0 spiro atoms. The van der Waals surface area contributed by atoms with Gasteiger partial charge in [-0.2, -0.15) is 0 Å². The largest absolute Gasteiger partial charge is 0.424 e. The summed E-state index contributed by atoms with van der Waals surface area (Å²) in [4.78, 5) is 0. The zero-order valence-electron chi connectivity index (χ0n) is 12.3. The van der Waals surface area contributed by atoms with Crippen LogP contribution in [0.5, 0.6) is 0 Å². The van der Waals surface area contributed by atoms with Crippen LogP contribution in [0.2, 0.25) is 0 Å². The van der Waals surface area contributed by atoms with Crippen LogP contribution < -0.4 is 4.72 Å². The minimum Gasteiger partial charge on any atom is -0.424 e. The van der Waals surface area contributed by atoms with Crippen LogP contribution in [0.4, 0.5) is 0 Å². The molecule has 19 heavy (non-hydrogen) atoms. The summed E-state index contributed by atoms with van der Waals surface area (Å²) in [6.07, 6.45) is 0.942. The van der Waals surface area contributed by atoms with E-state index >= 15 is 0 Å². The van der Waals surface area contributed by atoms with Crippen molar-refractivity contribution in [3.63, 3.8) is 0 Å². The fourth-order valence-corrected chi connectivity index (χ4v) is 2.64. The molecule has 0 amide bonds. The van der Waals surface area contributed by atoms with Gasteiger partial charge in [0, 0.05) is 17.6 Å². The lowest BCUT2D eigenvalue weighted by Gasteiger charge is -2.36. The molecule has 0 aromatic carbocycles. The Morgan fingerprint density at radius 2 is 1.95 bits per heavy atom. The molecule has 108 valence electrons. The zero-order valence-corrected chi connectivity index (χ0v) is 13.1. The van der Waals surface area contributed by atoms with Gasteiger partial charge in [-0.1, -0.05) is 11.9 Å². The lowest BCUT2D eigenvalue weighted by molar-refractivity contribution is -0.0472. The molecule has 1 aromatic rings. The highest BCUT2D eigenvalue weighted by Crippen LogP contribution is 2.34. The summed E-state index contributed by atoms with van der Waals surface area (Å²) < 4.78 is 14.6. The van der Waals surface area contributed by atoms with Crippen LogP contribution in [0, 0.1) is 12.8 Å². The second-order valence-electron chi connectivity index (χ2n) is 6.38. The summed E-state index contributed by atoms with van der Waals surface area (Å²) in [5, 5.41) is 8.15. The van der Waals surface area contributed by atoms with E-state index in [0.29, 0.717) is 17.7 Å². The lowest BCUT2D eigenvalue weighted by atomic mass is 9.88. The molecule has 1 aliphatic rings. The summed E-state index contributed by atoms with van der Waals surface area (Å²) in [5.41, 5.74) is -0.312. The summed E-state index contributed by atoms with van der Waals surface area (Å²) in [7, 11) is 0. The number of ether oxygens (including phenoxy) is 1. The molecule has 2 rings (SSSR count). The first-order valence-corrected chi connectivity index (χ1v) is 7.44. The number of hydrogen-bond donors (Lipinski definition) is 1. The first-order valence-electron chi connectivity index (χ1n) is 6.62. The fraction of sp³-hybridized carbons (Fsp3) is 0.846. The maximum atomic E-state index is 5.64. The third kappa shape index (κ3) is 3.94. The summed E-state index contributed by atoms with van der Waals surface area (Å²) >= 11 is 1.70. The van der Waals surface area contributed by atoms with Crippen LogP contribution in [0.25, 0.3) is 0 Å². The van der Waals surface area contributed by atoms with Crippen molar-refractivity contribution < 1.29 is 9.15 Å². The van der Waals surface area contributed by atoms with Gasteiger partial charge in [-0.25, -0.2) is 4.72 Å². The second-order valence-corrected chi connectivity index (χ2v) is 8.02. The highest BCUT2D eigenvalue weighted by atomic mass is 32.2. The van der Waals surface area contributed by atoms with Crippen molar-refractivity contribution in [3.05, 3.63) is 11.8 Å². The molecule has 0 saturated carbocycles. The normalized spacial score (nSPS) is 20.1. The van der Waals surface area contributed by atoms with E-state index in [-0.39, 0.29) is 10.3 Å². The summed E-state index contributed by atoms with van der Waals surface area (Å²) in [6.45, 7) is 12.1. The monoisotopic (exact) mass is 285 g/mol. The van der Waals surface area contributed by atoms with Gasteiger partial charge in [0.2, 0.25) is 11.8 Å². The highest BCUT2D eigenvalue weighted by molar-refractivity contribution is 7.98. The number of rotatable bonds is 5. The van der Waals surface area contributed by atoms with Gasteiger partial charge < -0.3 is 9.15 Å². The average Bonchev–Trinajstić information content (AvgIpc) is 2.67. The zero-order chi connectivity index (χ0) is 14.1. The predicted octanol–water partition coefficient (Wildman–Crippen LogP) is 2.67. The highest BCUT2D eigenvalue weighted by Gasteiger charge is 2.38. The van der Waals surface area contributed by atoms with E-state index in [1.807, 2.05) is 6.92 Å². The standard InChI is InChI=1S/C13H23N3O2S/c1-9-14-15-11(18-9)13(5,6-10-7-17-8-10)16-19-12(2,3)4/h10,16H,6-8H2,1-5H3. The van der Waals surface area contributed by atoms with Gasteiger partial charge >= 0.3 is 0 Å². The van der Waals surface area contributed by atoms with Crippen molar-refractivity contribution in [1.29, 1.82) is 0 Å². The van der Waals surface area contributed by atoms with Crippen molar-refractivity contribution in [2.45, 2.75) is 51.3 Å². The first-order chi connectivity index (χ1) is 8.78. The van der Waals surface area contributed by atoms with Crippen LogP contribution in [-0.4, -0.2) is 28.2 Å². The lowest BCUT2D eigenvalue weighted by Crippen LogP contribution is -2.43. The van der Waals surface area contributed by atoms with E-state index in [4.69, 9.17) is 9.15 Å². The van der Waals surface area contributed by atoms with Crippen LogP contribution >= 0.6 is 11.9 Å². The molecule has 1 aromatic heterocycles. The maximum Gasteiger partial charge on any atom is 0.237 e. The third-order valence-electron chi connectivity index (χ3n) is 2.98. The molecule has 1 atom stereocenters. The molecule has 1 saturated heterocycles. The van der Waals surface area contributed by atoms with Crippen molar-refractivity contribution in [2.75, 3.05) is 13.2 Å². The van der Waals surface area contributed by atoms with Crippen LogP contribution in [0.15, 0.2) is 4.42 Å². The molecule has 1 aliphatic heterocycles. The van der Waals surface area contributed by atoms with E-state index in [0.717, 1.165) is 19.6 Å². The van der Waals surface area contributed by atoms with Gasteiger partial charge in [0.25, 0.3) is 0 Å². The molecule has 0 aliphatic carbocycles. The Morgan fingerprint density at radius 1 is 1.26 bits per heavy atom. The maximum absolute atomic E-state index is 5.64. The van der Waals surface area contributed by atoms with Crippen molar-refractivity contribution in [1.82, 2.24) is 14.9 Å². The van der Waals surface area contributed by atoms with Crippen LogP contribution in [0.3, 0.4) is 0 Å². The SMILES string of the molecule is Cc1nnc(C(C)(CC2COC2)NSC(C)(C)C)o1. The van der Waals surface area contributed by atoms with E-state index in [2.05, 4.69) is 42.6 Å². The minimum absolute atomic E-state index is 0.131. The quantitative estimate of drug-likeness (QED) is 0.839. The average molecular weight is 285 g/mol. The smallest absolute Gasteiger partial charge is 0.237 e. The molecule has 5 nitrogen and oxygen atoms in total. The van der Waals surface area contributed by atoms with Gasteiger partial charge in [0.15, 0.2) is 0 Å². The Kier molecular flexibility index (Phi) is 4.23. The van der Waals surface area contributed by atoms with E-state index in [1.165, 1.54) is 0 Å². The van der Waals surface area contributed by atoms with Crippen molar-refractivity contribution in [2.24, 2.45) is 5.92 Å². The van der Waals surface area contributed by atoms with Crippen molar-refractivity contribution >= 4 is 11.9 Å². The van der Waals surface area contributed by atoms with Gasteiger partial charge in [-0.3, -0.25) is 0 Å². The molecular formula is C13H23N3O2S. The van der Waals surface area contributed by atoms with Gasteiger partial charge in [0.05, 0.1) is 13.2 Å². The number of nitrogens with zero attached hydrogens (tertiary/aromatic N) is 2. The topological polar surface area (TPSA) is 60.2 Å². The number of hydrogen-bond acceptors (Lipinski definition) is 6. The van der Waals surface area contributed by atoms with Gasteiger partial charge in [-0.05, 0) is 34.1 Å². The first kappa shape index (κ1) is 14.8. The Bertz CT molecular complexity index is 426. The van der Waals surface area contributed by atoms with Gasteiger partial charge in [0.1, 0.15) is 5.54 Å². The van der Waals surface area contributed by atoms with Crippen molar-refractivity contribution in [3.8, 4) is 0 Å². The molecule has 0 bridgehead atoms. The summed E-state index contributed by atoms with van der Waals surface area (Å²) in [6, 6.07) is 0. The summed E-state index contributed by atoms with van der Waals surface area (Å²) in [5.74, 6) is 1.83. The molecule has 2 heterocycles. The Labute approximate surface area is 119 Å². The Morgan fingerprint density at radius 3 is 2.37 bits per heavy atom. The van der Waals surface area contributed by atoms with Gasteiger partial charge in [-0.15, -0.1) is 10.2 Å². The number of aryl methyl sites for hydroxylation is 1. The molecule has 1 unspecified atom stereocenters. The van der Waals surface area contributed by atoms with Crippen LogP contribution in [0.1, 0.15) is 45.9 Å². The number of nitrogens with one attached hydrogen (secondary N) is 1. The molecule has 6 heteroatoms. The molecule has 1 fully saturated rings. The third-order valence-corrected chi connectivity index (χ3v) is 4.15. The Hall–Kier alpha value is -0.590. The second kappa shape index (κ2) is 5.42. The van der Waals surface area contributed by atoms with Crippen LogP contribution in [-0.2, 0) is 10.3 Å². The Balaban J connectivity index is 2.11. The molecule has 0 radical (unpaired) electrons. The molecular weight excluding hydrogens is 262 g/mol. The minimum atomic E-state index is -0.312. The van der Waals surface area contributed by atoms with E-state index < -0.39 is 0 Å². The van der Waals surface area contributed by atoms with E-state index in [9.17, 15) is 0 Å². The number of aromatic nitrogens is 2. The predicted molar refractivity (Wildman–Crippen MR) is 75.8 cm³/mol. The fourth-order valence-electron chi connectivity index (χ4n) is 1.94. The molecule has 1 N–H and O–H groups in total. The van der Waals surface area contributed by atoms with E-state index in [1.54, 1.807) is 11.9 Å².